The highest BCUT2D eigenvalue weighted by Crippen LogP contribution is 2.40. The predicted molar refractivity (Wildman–Crippen MR) is 179 cm³/mol. The number of thiocarbonyl (C=S) groups is 1. The van der Waals surface area contributed by atoms with Crippen LogP contribution in [0.15, 0.2) is 52.7 Å². The highest BCUT2D eigenvalue weighted by atomic mass is 32.2. The van der Waals surface area contributed by atoms with Gasteiger partial charge in [0.1, 0.15) is 9.92 Å². The van der Waals surface area contributed by atoms with Crippen LogP contribution in [0.4, 0.5) is 36.8 Å². The number of alkyl halides is 6. The Hall–Kier alpha value is -4.42. The standard InChI is InChI=1S/C32H27F6N3O6S3/c1-30(2,3)47-28(46)39-14-18-8-16(27(44)45)4-5-23(18)40-25(42)6-7-41-26(43)24(50-29(41)48)13-22-11-19(15-49-22)17-9-20(31(33,34)35)12-21(10-17)32(36,37)38/h4-5,8-13,15H,6-7,14H2,1-3H3,(H,39,46)(H,40,42)(H,44,45). The van der Waals surface area contributed by atoms with Gasteiger partial charge >= 0.3 is 24.4 Å². The lowest BCUT2D eigenvalue weighted by Crippen LogP contribution is -2.33. The van der Waals surface area contributed by atoms with E-state index in [1.54, 1.807) is 20.8 Å². The number of benzene rings is 2. The summed E-state index contributed by atoms with van der Waals surface area (Å²) >= 11 is 7.21. The van der Waals surface area contributed by atoms with E-state index < -0.39 is 53.0 Å². The normalized spacial score (nSPS) is 14.7. The van der Waals surface area contributed by atoms with Crippen LogP contribution >= 0.6 is 35.3 Å². The maximum atomic E-state index is 13.3. The van der Waals surface area contributed by atoms with Crippen LogP contribution in [-0.2, 0) is 33.2 Å². The number of ether oxygens (including phenoxy) is 1. The van der Waals surface area contributed by atoms with Crippen molar-refractivity contribution in [3.8, 4) is 11.1 Å². The first kappa shape index (κ1) is 38.4. The number of hydrogen-bond donors (Lipinski definition) is 3. The second-order valence-corrected chi connectivity index (χ2v) is 14.3. The summed E-state index contributed by atoms with van der Waals surface area (Å²) in [6.07, 6.45) is -9.61. The number of carbonyl (C=O) groups is 4. The number of hydrogen-bond acceptors (Lipinski definition) is 8. The van der Waals surface area contributed by atoms with Crippen LogP contribution < -0.4 is 10.6 Å². The van der Waals surface area contributed by atoms with Gasteiger partial charge in [-0.05, 0) is 91.4 Å². The molecule has 3 N–H and O–H groups in total. The number of nitrogens with one attached hydrogen (secondary N) is 2. The van der Waals surface area contributed by atoms with Crippen molar-refractivity contribution in [1.29, 1.82) is 0 Å². The number of nitrogens with zero attached hydrogens (tertiary/aromatic N) is 1. The van der Waals surface area contributed by atoms with Gasteiger partial charge in [0.2, 0.25) is 5.91 Å². The Labute approximate surface area is 294 Å². The Morgan fingerprint density at radius 2 is 1.60 bits per heavy atom. The fourth-order valence-electron chi connectivity index (χ4n) is 4.43. The fourth-order valence-corrected chi connectivity index (χ4v) is 6.65. The topological polar surface area (TPSA) is 125 Å². The molecule has 1 aliphatic heterocycles. The summed E-state index contributed by atoms with van der Waals surface area (Å²) in [7, 11) is 0. The average molecular weight is 760 g/mol. The summed E-state index contributed by atoms with van der Waals surface area (Å²) in [5.74, 6) is -2.35. The van der Waals surface area contributed by atoms with Crippen LogP contribution in [0.5, 0.6) is 0 Å². The molecule has 3 aromatic rings. The molecule has 2 heterocycles. The number of rotatable bonds is 9. The fraction of sp³-hybridized carbons (Fsp3) is 0.281. The number of amides is 3. The highest BCUT2D eigenvalue weighted by molar-refractivity contribution is 8.26. The van der Waals surface area contributed by atoms with E-state index in [1.807, 2.05) is 0 Å². The zero-order valence-corrected chi connectivity index (χ0v) is 28.7. The van der Waals surface area contributed by atoms with Crippen LogP contribution in [-0.4, -0.2) is 50.3 Å². The number of alkyl carbamates (subject to hydrolysis) is 1. The van der Waals surface area contributed by atoms with Crippen LogP contribution in [0.2, 0.25) is 0 Å². The summed E-state index contributed by atoms with van der Waals surface area (Å²) in [6, 6.07) is 6.53. The molecule has 0 saturated carbocycles. The molecule has 1 aliphatic rings. The van der Waals surface area contributed by atoms with Gasteiger partial charge < -0.3 is 20.5 Å². The third-order valence-corrected chi connectivity index (χ3v) is 8.96. The lowest BCUT2D eigenvalue weighted by atomic mass is 10.0. The quantitative estimate of drug-likeness (QED) is 0.113. The largest absolute Gasteiger partial charge is 0.478 e. The average Bonchev–Trinajstić information content (AvgIpc) is 3.56. The van der Waals surface area contributed by atoms with Crippen molar-refractivity contribution >= 4 is 75.3 Å². The minimum Gasteiger partial charge on any atom is -0.478 e. The number of aromatic carboxylic acids is 1. The maximum Gasteiger partial charge on any atom is 0.416 e. The number of carboxylic acids is 1. The summed E-state index contributed by atoms with van der Waals surface area (Å²) < 4.78 is 85.3. The Kier molecular flexibility index (Phi) is 11.4. The molecule has 9 nitrogen and oxygen atoms in total. The molecule has 0 spiro atoms. The number of thioether (sulfide) groups is 1. The predicted octanol–water partition coefficient (Wildman–Crippen LogP) is 8.41. The number of carbonyl (C=O) groups excluding carboxylic acids is 3. The Morgan fingerprint density at radius 1 is 0.960 bits per heavy atom. The third kappa shape index (κ3) is 10.1. The van der Waals surface area contributed by atoms with Crippen LogP contribution in [0.1, 0.15) is 59.1 Å². The molecule has 50 heavy (non-hydrogen) atoms. The first-order valence-electron chi connectivity index (χ1n) is 14.4. The lowest BCUT2D eigenvalue weighted by molar-refractivity contribution is -0.143. The van der Waals surface area contributed by atoms with Crippen LogP contribution in [0.3, 0.4) is 0 Å². The van der Waals surface area contributed by atoms with Crippen molar-refractivity contribution in [2.75, 3.05) is 11.9 Å². The van der Waals surface area contributed by atoms with E-state index in [2.05, 4.69) is 10.6 Å². The molecule has 0 radical (unpaired) electrons. The minimum absolute atomic E-state index is 0.0420. The van der Waals surface area contributed by atoms with Gasteiger partial charge in [0.15, 0.2) is 0 Å². The summed E-state index contributed by atoms with van der Waals surface area (Å²) in [5.41, 5.74) is -3.52. The molecule has 1 fully saturated rings. The van der Waals surface area contributed by atoms with E-state index in [9.17, 15) is 50.6 Å². The number of carboxylic acid groups (broad SMARTS) is 1. The molecule has 0 aliphatic carbocycles. The molecule has 0 bridgehead atoms. The zero-order valence-electron chi connectivity index (χ0n) is 26.2. The van der Waals surface area contributed by atoms with E-state index in [0.717, 1.165) is 23.1 Å². The van der Waals surface area contributed by atoms with Crippen molar-refractivity contribution in [3.63, 3.8) is 0 Å². The summed E-state index contributed by atoms with van der Waals surface area (Å²) in [5, 5.41) is 15.9. The molecule has 1 saturated heterocycles. The molecular formula is C32H27F6N3O6S3. The first-order chi connectivity index (χ1) is 23.1. The van der Waals surface area contributed by atoms with Crippen LogP contribution in [0, 0.1) is 0 Å². The van der Waals surface area contributed by atoms with E-state index in [-0.39, 0.29) is 62.7 Å². The number of halogens is 6. The molecule has 4 rings (SSSR count). The molecule has 0 atom stereocenters. The Morgan fingerprint density at radius 3 is 2.18 bits per heavy atom. The minimum atomic E-state index is -5.01. The van der Waals surface area contributed by atoms with E-state index in [1.165, 1.54) is 40.6 Å². The smallest absolute Gasteiger partial charge is 0.416 e. The monoisotopic (exact) mass is 759 g/mol. The van der Waals surface area contributed by atoms with Gasteiger partial charge in [-0.1, -0.05) is 24.0 Å². The molecule has 2 aromatic carbocycles. The van der Waals surface area contributed by atoms with Crippen molar-refractivity contribution in [1.82, 2.24) is 10.2 Å². The van der Waals surface area contributed by atoms with Gasteiger partial charge in [-0.2, -0.15) is 26.3 Å². The molecular weight excluding hydrogens is 733 g/mol. The van der Waals surface area contributed by atoms with Gasteiger partial charge in [0.25, 0.3) is 5.91 Å². The highest BCUT2D eigenvalue weighted by Gasteiger charge is 2.37. The molecule has 0 unspecified atom stereocenters. The SMILES string of the molecule is CC(C)(C)OC(=O)NCc1cc(C(=O)O)ccc1NC(=O)CCN1C(=O)C(=Cc2cc(-c3cc(C(F)(F)F)cc(C(F)(F)F)c3)cs2)SC1=S. The van der Waals surface area contributed by atoms with Gasteiger partial charge in [0.05, 0.1) is 21.6 Å². The van der Waals surface area contributed by atoms with Gasteiger partial charge in [-0.15, -0.1) is 11.3 Å². The molecule has 3 amide bonds. The second-order valence-electron chi connectivity index (χ2n) is 11.7. The molecule has 266 valence electrons. The molecule has 1 aromatic heterocycles. The van der Waals surface area contributed by atoms with Gasteiger partial charge in [0, 0.05) is 30.1 Å². The second kappa shape index (κ2) is 14.8. The summed E-state index contributed by atoms with van der Waals surface area (Å²) in [6.45, 7) is 4.68. The van der Waals surface area contributed by atoms with Crippen molar-refractivity contribution in [3.05, 3.63) is 79.9 Å². The van der Waals surface area contributed by atoms with Gasteiger partial charge in [-0.25, -0.2) is 9.59 Å². The van der Waals surface area contributed by atoms with E-state index >= 15 is 0 Å². The van der Waals surface area contributed by atoms with E-state index in [0.29, 0.717) is 17.0 Å². The third-order valence-electron chi connectivity index (χ3n) is 6.70. The van der Waals surface area contributed by atoms with Crippen molar-refractivity contribution < 1.29 is 55.4 Å². The van der Waals surface area contributed by atoms with Crippen LogP contribution in [0.25, 0.3) is 17.2 Å². The summed E-state index contributed by atoms with van der Waals surface area (Å²) in [4.78, 5) is 51.3. The number of thiophene rings is 1. The van der Waals surface area contributed by atoms with Crippen molar-refractivity contribution in [2.24, 2.45) is 0 Å². The first-order valence-corrected chi connectivity index (χ1v) is 16.5. The van der Waals surface area contributed by atoms with E-state index in [4.69, 9.17) is 17.0 Å². The lowest BCUT2D eigenvalue weighted by Gasteiger charge is -2.20. The van der Waals surface area contributed by atoms with Crippen molar-refractivity contribution in [2.45, 2.75) is 51.7 Å². The maximum absolute atomic E-state index is 13.3. The molecule has 18 heteroatoms. The Balaban J connectivity index is 1.44. The van der Waals surface area contributed by atoms with Gasteiger partial charge in [-0.3, -0.25) is 14.5 Å². The zero-order chi connectivity index (χ0) is 37.2. The number of anilines is 1. The Bertz CT molecular complexity index is 1850.